The minimum Gasteiger partial charge on any atom is -0.482 e. The van der Waals surface area contributed by atoms with Gasteiger partial charge in [0.2, 0.25) is 5.88 Å². The van der Waals surface area contributed by atoms with Gasteiger partial charge in [-0.15, -0.1) is 0 Å². The van der Waals surface area contributed by atoms with Crippen LogP contribution in [0.5, 0.6) is 5.88 Å². The largest absolute Gasteiger partial charge is 0.482 e. The van der Waals surface area contributed by atoms with Crippen LogP contribution in [-0.4, -0.2) is 16.5 Å². The molecule has 0 bridgehead atoms. The monoisotopic (exact) mass is 338 g/mol. The average molecular weight is 338 g/mol. The van der Waals surface area contributed by atoms with E-state index in [4.69, 9.17) is 4.74 Å². The van der Waals surface area contributed by atoms with Crippen molar-refractivity contribution in [2.24, 2.45) is 0 Å². The molecule has 0 aliphatic carbocycles. The molecular weight excluding hydrogens is 320 g/mol. The van der Waals surface area contributed by atoms with E-state index < -0.39 is 0 Å². The second-order valence-electron chi connectivity index (χ2n) is 6.05. The van der Waals surface area contributed by atoms with Gasteiger partial charge in [0, 0.05) is 11.6 Å². The first-order valence-electron chi connectivity index (χ1n) is 8.45. The number of aromatic nitrogens is 2. The van der Waals surface area contributed by atoms with Crippen LogP contribution in [0.3, 0.4) is 0 Å². The van der Waals surface area contributed by atoms with Crippen LogP contribution >= 0.6 is 0 Å². The van der Waals surface area contributed by atoms with E-state index in [0.717, 1.165) is 33.6 Å². The number of rotatable bonds is 2. The number of aryl methyl sites for hydroxylation is 1. The van der Waals surface area contributed by atoms with Gasteiger partial charge in [-0.3, -0.25) is 4.40 Å². The maximum absolute atomic E-state index is 5.62. The van der Waals surface area contributed by atoms with E-state index in [9.17, 15) is 0 Å². The van der Waals surface area contributed by atoms with Crippen LogP contribution in [0.2, 0.25) is 0 Å². The first kappa shape index (κ1) is 16.0. The highest BCUT2D eigenvalue weighted by Gasteiger charge is 2.10. The summed E-state index contributed by atoms with van der Waals surface area (Å²) in [6, 6.07) is 22.4. The average Bonchev–Trinajstić information content (AvgIpc) is 3.10. The van der Waals surface area contributed by atoms with Crippen LogP contribution < -0.4 is 4.74 Å². The number of ether oxygens (including phenoxy) is 1. The number of methoxy groups -OCH3 is 1. The fraction of sp³-hybridized carbons (Fsp3) is 0.0870. The van der Waals surface area contributed by atoms with Crippen molar-refractivity contribution >= 4 is 5.65 Å². The van der Waals surface area contributed by atoms with E-state index in [0.29, 0.717) is 5.88 Å². The van der Waals surface area contributed by atoms with Crippen LogP contribution in [0.1, 0.15) is 16.8 Å². The molecule has 0 N–H and O–H groups in total. The predicted molar refractivity (Wildman–Crippen MR) is 104 cm³/mol. The number of hydrogen-bond donors (Lipinski definition) is 0. The lowest BCUT2D eigenvalue weighted by Crippen LogP contribution is -1.97. The van der Waals surface area contributed by atoms with Gasteiger partial charge in [-0.25, -0.2) is 4.98 Å². The number of benzene rings is 2. The molecule has 2 heterocycles. The lowest BCUT2D eigenvalue weighted by molar-refractivity contribution is 0.392. The summed E-state index contributed by atoms with van der Waals surface area (Å²) < 4.78 is 7.56. The molecule has 0 radical (unpaired) electrons. The van der Waals surface area contributed by atoms with Crippen LogP contribution in [0, 0.1) is 18.8 Å². The Morgan fingerprint density at radius 2 is 1.65 bits per heavy atom. The van der Waals surface area contributed by atoms with Crippen molar-refractivity contribution < 1.29 is 4.74 Å². The topological polar surface area (TPSA) is 26.5 Å². The number of hydrogen-bond acceptors (Lipinski definition) is 2. The normalized spacial score (nSPS) is 10.4. The number of imidazole rings is 1. The highest BCUT2D eigenvalue weighted by Crippen LogP contribution is 2.27. The molecular formula is C23H18N2O. The Labute approximate surface area is 152 Å². The Bertz CT molecular complexity index is 1130. The Morgan fingerprint density at radius 3 is 2.42 bits per heavy atom. The van der Waals surface area contributed by atoms with Crippen molar-refractivity contribution in [3.63, 3.8) is 0 Å². The maximum Gasteiger partial charge on any atom is 0.200 e. The third-order valence-corrected chi connectivity index (χ3v) is 4.36. The van der Waals surface area contributed by atoms with E-state index in [1.165, 1.54) is 0 Å². The van der Waals surface area contributed by atoms with Crippen molar-refractivity contribution in [3.8, 4) is 28.8 Å². The third-order valence-electron chi connectivity index (χ3n) is 4.36. The summed E-state index contributed by atoms with van der Waals surface area (Å²) >= 11 is 0. The van der Waals surface area contributed by atoms with Gasteiger partial charge in [0.15, 0.2) is 0 Å². The summed E-state index contributed by atoms with van der Waals surface area (Å²) in [6.45, 7) is 2.06. The van der Waals surface area contributed by atoms with Gasteiger partial charge in [0.05, 0.1) is 13.3 Å². The van der Waals surface area contributed by atoms with Crippen LogP contribution in [-0.2, 0) is 0 Å². The molecule has 2 aromatic carbocycles. The lowest BCUT2D eigenvalue weighted by Gasteiger charge is -2.09. The van der Waals surface area contributed by atoms with Crippen molar-refractivity contribution in [2.45, 2.75) is 6.92 Å². The summed E-state index contributed by atoms with van der Waals surface area (Å²) in [5.74, 6) is 7.18. The SMILES string of the molecule is COc1cc(-c2ccccc2)cc2ncc(C#Cc3ccccc3C)n12. The molecule has 3 heteroatoms. The van der Waals surface area contributed by atoms with Crippen LogP contribution in [0.4, 0.5) is 0 Å². The lowest BCUT2D eigenvalue weighted by atomic mass is 10.1. The fourth-order valence-corrected chi connectivity index (χ4v) is 2.96. The molecule has 4 aromatic rings. The molecule has 0 aliphatic rings. The van der Waals surface area contributed by atoms with Gasteiger partial charge in [-0.05, 0) is 41.7 Å². The van der Waals surface area contributed by atoms with Crippen LogP contribution in [0.25, 0.3) is 16.8 Å². The van der Waals surface area contributed by atoms with Gasteiger partial charge in [-0.2, -0.15) is 0 Å². The van der Waals surface area contributed by atoms with E-state index in [1.54, 1.807) is 13.3 Å². The smallest absolute Gasteiger partial charge is 0.200 e. The zero-order valence-corrected chi connectivity index (χ0v) is 14.7. The van der Waals surface area contributed by atoms with Gasteiger partial charge in [0.25, 0.3) is 0 Å². The minimum absolute atomic E-state index is 0.716. The Kier molecular flexibility index (Phi) is 4.17. The summed E-state index contributed by atoms with van der Waals surface area (Å²) in [6.07, 6.45) is 1.79. The van der Waals surface area contributed by atoms with E-state index in [-0.39, 0.29) is 0 Å². The van der Waals surface area contributed by atoms with E-state index in [1.807, 2.05) is 46.9 Å². The van der Waals surface area contributed by atoms with Crippen molar-refractivity contribution in [3.05, 3.63) is 89.7 Å². The molecule has 0 atom stereocenters. The molecule has 0 saturated heterocycles. The third kappa shape index (κ3) is 2.94. The van der Waals surface area contributed by atoms with Gasteiger partial charge in [-0.1, -0.05) is 54.5 Å². The zero-order chi connectivity index (χ0) is 17.9. The van der Waals surface area contributed by atoms with E-state index in [2.05, 4.69) is 48.0 Å². The Balaban J connectivity index is 1.83. The number of nitrogens with zero attached hydrogens (tertiary/aromatic N) is 2. The summed E-state index contributed by atoms with van der Waals surface area (Å²) in [5, 5.41) is 0. The first-order chi connectivity index (χ1) is 12.8. The Morgan fingerprint density at radius 1 is 0.885 bits per heavy atom. The van der Waals surface area contributed by atoms with Crippen molar-refractivity contribution in [1.82, 2.24) is 9.38 Å². The molecule has 0 fully saturated rings. The number of pyridine rings is 1. The highest BCUT2D eigenvalue weighted by atomic mass is 16.5. The highest BCUT2D eigenvalue weighted by molar-refractivity contribution is 5.70. The minimum atomic E-state index is 0.716. The molecule has 0 unspecified atom stereocenters. The molecule has 126 valence electrons. The standard InChI is InChI=1S/C23H18N2O/c1-17-8-6-7-9-18(17)12-13-21-16-24-22-14-20(15-23(26-2)25(21)22)19-10-4-3-5-11-19/h3-11,14-16H,1-2H3. The molecule has 0 aliphatic heterocycles. The van der Waals surface area contributed by atoms with Gasteiger partial charge >= 0.3 is 0 Å². The van der Waals surface area contributed by atoms with Crippen molar-refractivity contribution in [2.75, 3.05) is 7.11 Å². The second-order valence-corrected chi connectivity index (χ2v) is 6.05. The molecule has 26 heavy (non-hydrogen) atoms. The van der Waals surface area contributed by atoms with Crippen molar-refractivity contribution in [1.29, 1.82) is 0 Å². The zero-order valence-electron chi connectivity index (χ0n) is 14.7. The summed E-state index contributed by atoms with van der Waals surface area (Å²) in [5.41, 5.74) is 5.99. The Hall–Kier alpha value is -3.51. The molecule has 2 aromatic heterocycles. The molecule has 0 amide bonds. The quantitative estimate of drug-likeness (QED) is 0.495. The first-order valence-corrected chi connectivity index (χ1v) is 8.45. The van der Waals surface area contributed by atoms with Gasteiger partial charge in [0.1, 0.15) is 11.3 Å². The molecule has 4 rings (SSSR count). The predicted octanol–water partition coefficient (Wildman–Crippen LogP) is 4.72. The molecule has 0 saturated carbocycles. The summed E-state index contributed by atoms with van der Waals surface area (Å²) in [4.78, 5) is 4.53. The summed E-state index contributed by atoms with van der Waals surface area (Å²) in [7, 11) is 1.67. The van der Waals surface area contributed by atoms with E-state index >= 15 is 0 Å². The number of fused-ring (bicyclic) bond motifs is 1. The molecule has 3 nitrogen and oxygen atoms in total. The molecule has 0 spiro atoms. The van der Waals surface area contributed by atoms with Crippen LogP contribution in [0.15, 0.2) is 72.9 Å². The fourth-order valence-electron chi connectivity index (χ4n) is 2.96. The maximum atomic E-state index is 5.62. The second kappa shape index (κ2) is 6.78. The van der Waals surface area contributed by atoms with Gasteiger partial charge < -0.3 is 4.74 Å².